The molecule has 3 rings (SSSR count). The number of hydrogen-bond acceptors (Lipinski definition) is 3. The first-order valence-electron chi connectivity index (χ1n) is 5.18. The van der Waals surface area contributed by atoms with Crippen LogP contribution in [0.4, 0.5) is 4.39 Å². The summed E-state index contributed by atoms with van der Waals surface area (Å²) < 4.78 is 23.4. The quantitative estimate of drug-likeness (QED) is 0.511. The fourth-order valence-electron chi connectivity index (χ4n) is 1.34. The molecule has 2 bridgehead atoms. The van der Waals surface area contributed by atoms with Crippen molar-refractivity contribution in [3.8, 4) is 5.75 Å². The summed E-state index contributed by atoms with van der Waals surface area (Å²) in [4.78, 5) is 11.2. The molecule has 2 aliphatic rings. The third-order valence-electron chi connectivity index (χ3n) is 2.19. The van der Waals surface area contributed by atoms with Crippen molar-refractivity contribution in [2.45, 2.75) is 0 Å². The van der Waals surface area contributed by atoms with E-state index in [-0.39, 0.29) is 6.61 Å². The van der Waals surface area contributed by atoms with E-state index in [0.717, 1.165) is 6.08 Å². The van der Waals surface area contributed by atoms with Crippen molar-refractivity contribution in [3.05, 3.63) is 47.8 Å². The number of carbonyl (C=O) groups excluding carboxylic acids is 1. The Morgan fingerprint density at radius 1 is 1.00 bits per heavy atom. The van der Waals surface area contributed by atoms with E-state index in [9.17, 15) is 9.18 Å². The number of carbonyl (C=O) groups is 1. The van der Waals surface area contributed by atoms with Gasteiger partial charge in [0, 0.05) is 0 Å². The normalized spacial score (nSPS) is 21.0. The zero-order valence-electron chi connectivity index (χ0n) is 9.06. The maximum Gasteiger partial charge on any atom is 0.367 e. The highest BCUT2D eigenvalue weighted by Crippen LogP contribution is 2.16. The molecule has 1 aromatic rings. The molecule has 2 heterocycles. The van der Waals surface area contributed by atoms with Gasteiger partial charge in [-0.2, -0.15) is 4.39 Å². The van der Waals surface area contributed by atoms with Crippen LogP contribution in [0.5, 0.6) is 5.75 Å². The topological polar surface area (TPSA) is 35.5 Å². The van der Waals surface area contributed by atoms with Crippen molar-refractivity contribution in [1.29, 1.82) is 0 Å². The lowest BCUT2D eigenvalue weighted by molar-refractivity contribution is -0.139. The first kappa shape index (κ1) is 11.4. The van der Waals surface area contributed by atoms with E-state index < -0.39 is 11.8 Å². The number of halogens is 1. The van der Waals surface area contributed by atoms with E-state index in [1.165, 1.54) is 0 Å². The van der Waals surface area contributed by atoms with Crippen molar-refractivity contribution in [1.82, 2.24) is 0 Å². The standard InChI is InChI=1S/C13H11FO3/c14-12-9-10-3-5-11(6-4-10)16-7-1-2-8-17-13(12)15/h1-6,9H,7-8H2/b2-1+,12-9-. The van der Waals surface area contributed by atoms with Gasteiger partial charge in [0.1, 0.15) is 19.0 Å². The molecule has 0 aromatic heterocycles. The average molecular weight is 234 g/mol. The Hall–Kier alpha value is -2.10. The number of benzene rings is 1. The van der Waals surface area contributed by atoms with Gasteiger partial charge in [0.25, 0.3) is 0 Å². The second-order valence-corrected chi connectivity index (χ2v) is 3.44. The van der Waals surface area contributed by atoms with E-state index in [2.05, 4.69) is 4.74 Å². The Bertz CT molecular complexity index is 460. The highest BCUT2D eigenvalue weighted by atomic mass is 19.1. The molecule has 0 unspecified atom stereocenters. The lowest BCUT2D eigenvalue weighted by Crippen LogP contribution is -2.04. The van der Waals surface area contributed by atoms with E-state index in [4.69, 9.17) is 4.74 Å². The van der Waals surface area contributed by atoms with Gasteiger partial charge in [0.05, 0.1) is 0 Å². The maximum absolute atomic E-state index is 13.4. The molecule has 3 nitrogen and oxygen atoms in total. The largest absolute Gasteiger partial charge is 0.490 e. The third-order valence-corrected chi connectivity index (χ3v) is 2.19. The van der Waals surface area contributed by atoms with Crippen LogP contribution in [-0.4, -0.2) is 19.2 Å². The monoisotopic (exact) mass is 234 g/mol. The maximum atomic E-state index is 13.4. The second-order valence-electron chi connectivity index (χ2n) is 3.44. The first-order chi connectivity index (χ1) is 8.25. The predicted molar refractivity (Wildman–Crippen MR) is 61.1 cm³/mol. The van der Waals surface area contributed by atoms with Crippen LogP contribution in [0.1, 0.15) is 5.56 Å². The number of rotatable bonds is 0. The summed E-state index contributed by atoms with van der Waals surface area (Å²) in [5, 5.41) is 0. The summed E-state index contributed by atoms with van der Waals surface area (Å²) in [7, 11) is 0. The van der Waals surface area contributed by atoms with Crippen LogP contribution in [0.25, 0.3) is 6.08 Å². The SMILES string of the molecule is O=C1OC/C=C/COc2ccc(cc2)/C=C/1F. The smallest absolute Gasteiger partial charge is 0.367 e. The molecular formula is C13H11FO3. The molecule has 0 saturated carbocycles. The Labute approximate surface area is 98.2 Å². The first-order valence-corrected chi connectivity index (χ1v) is 5.18. The molecule has 0 atom stereocenters. The number of ether oxygens (including phenoxy) is 2. The minimum atomic E-state index is -0.959. The summed E-state index contributed by atoms with van der Waals surface area (Å²) in [6, 6.07) is 6.78. The van der Waals surface area contributed by atoms with Crippen LogP contribution in [0, 0.1) is 0 Å². The van der Waals surface area contributed by atoms with E-state index in [0.29, 0.717) is 17.9 Å². The van der Waals surface area contributed by atoms with Crippen molar-refractivity contribution in [3.63, 3.8) is 0 Å². The van der Waals surface area contributed by atoms with Gasteiger partial charge in [-0.25, -0.2) is 4.79 Å². The Balaban J connectivity index is 2.29. The Kier molecular flexibility index (Phi) is 3.55. The van der Waals surface area contributed by atoms with Gasteiger partial charge in [0.15, 0.2) is 0 Å². The molecule has 0 aliphatic carbocycles. The Morgan fingerprint density at radius 3 is 2.35 bits per heavy atom. The molecule has 0 radical (unpaired) electrons. The highest BCUT2D eigenvalue weighted by Gasteiger charge is 2.09. The van der Waals surface area contributed by atoms with Gasteiger partial charge in [-0.3, -0.25) is 0 Å². The van der Waals surface area contributed by atoms with Crippen LogP contribution in [0.15, 0.2) is 42.2 Å². The second kappa shape index (κ2) is 5.30. The summed E-state index contributed by atoms with van der Waals surface area (Å²) in [6.45, 7) is 0.418. The number of fused-ring (bicyclic) bond motifs is 8. The van der Waals surface area contributed by atoms with Gasteiger partial charge in [0.2, 0.25) is 5.83 Å². The van der Waals surface area contributed by atoms with Crippen molar-refractivity contribution >= 4 is 12.0 Å². The van der Waals surface area contributed by atoms with Crippen molar-refractivity contribution in [2.24, 2.45) is 0 Å². The van der Waals surface area contributed by atoms with E-state index >= 15 is 0 Å². The van der Waals surface area contributed by atoms with E-state index in [1.54, 1.807) is 36.4 Å². The van der Waals surface area contributed by atoms with Crippen LogP contribution >= 0.6 is 0 Å². The van der Waals surface area contributed by atoms with Gasteiger partial charge in [-0.15, -0.1) is 0 Å². The fraction of sp³-hybridized carbons (Fsp3) is 0.154. The lowest BCUT2D eigenvalue weighted by Gasteiger charge is -2.02. The molecule has 0 amide bonds. The number of hydrogen-bond donors (Lipinski definition) is 0. The summed E-state index contributed by atoms with van der Waals surface area (Å²) >= 11 is 0. The third kappa shape index (κ3) is 3.17. The summed E-state index contributed by atoms with van der Waals surface area (Å²) in [5.41, 5.74) is 0.582. The van der Waals surface area contributed by atoms with Crippen LogP contribution < -0.4 is 4.74 Å². The fourth-order valence-corrected chi connectivity index (χ4v) is 1.34. The zero-order chi connectivity index (χ0) is 12.1. The predicted octanol–water partition coefficient (Wildman–Crippen LogP) is 2.49. The van der Waals surface area contributed by atoms with Gasteiger partial charge in [-0.1, -0.05) is 12.1 Å². The Morgan fingerprint density at radius 2 is 1.65 bits per heavy atom. The van der Waals surface area contributed by atoms with Crippen LogP contribution in [0.2, 0.25) is 0 Å². The molecule has 0 saturated heterocycles. The highest BCUT2D eigenvalue weighted by molar-refractivity contribution is 5.91. The summed E-state index contributed by atoms with van der Waals surface area (Å²) in [5.74, 6) is -1.18. The minimum Gasteiger partial charge on any atom is -0.490 e. The molecule has 0 fully saturated rings. The van der Waals surface area contributed by atoms with Crippen molar-refractivity contribution < 1.29 is 18.7 Å². The molecule has 0 spiro atoms. The molecule has 0 N–H and O–H groups in total. The van der Waals surface area contributed by atoms with Gasteiger partial charge in [-0.05, 0) is 35.9 Å². The molecule has 88 valence electrons. The molecule has 4 heteroatoms. The van der Waals surface area contributed by atoms with Gasteiger partial charge < -0.3 is 9.47 Å². The lowest BCUT2D eigenvalue weighted by atomic mass is 10.2. The molecule has 1 aromatic carbocycles. The molecular weight excluding hydrogens is 223 g/mol. The zero-order valence-corrected chi connectivity index (χ0v) is 9.06. The van der Waals surface area contributed by atoms with Gasteiger partial charge >= 0.3 is 5.97 Å². The van der Waals surface area contributed by atoms with Crippen LogP contribution in [-0.2, 0) is 9.53 Å². The number of esters is 1. The molecule has 17 heavy (non-hydrogen) atoms. The van der Waals surface area contributed by atoms with E-state index in [1.807, 2.05) is 0 Å². The van der Waals surface area contributed by atoms with Crippen molar-refractivity contribution in [2.75, 3.05) is 13.2 Å². The summed E-state index contributed by atoms with van der Waals surface area (Å²) in [6.07, 6.45) is 4.45. The minimum absolute atomic E-state index is 0.0367. The molecule has 2 aliphatic heterocycles. The average Bonchev–Trinajstić information content (AvgIpc) is 2.36. The van der Waals surface area contributed by atoms with Crippen LogP contribution in [0.3, 0.4) is 0 Å².